The summed E-state index contributed by atoms with van der Waals surface area (Å²) in [5, 5.41) is 6.72. The zero-order valence-electron chi connectivity index (χ0n) is 35.5. The summed E-state index contributed by atoms with van der Waals surface area (Å²) >= 11 is 0. The molecule has 0 saturated heterocycles. The third kappa shape index (κ3) is 8.95. The largest absolute Gasteiger partial charge is 0.345 e. The number of aromatic nitrogens is 4. The summed E-state index contributed by atoms with van der Waals surface area (Å²) in [7, 11) is 0. The molecule has 8 nitrogen and oxygen atoms in total. The van der Waals surface area contributed by atoms with Crippen molar-refractivity contribution in [1.82, 2.24) is 30.6 Å². The number of benzene rings is 2. The van der Waals surface area contributed by atoms with Crippen LogP contribution in [0.2, 0.25) is 0 Å². The van der Waals surface area contributed by atoms with Gasteiger partial charge in [-0.1, -0.05) is 113 Å². The van der Waals surface area contributed by atoms with E-state index in [0.29, 0.717) is 0 Å². The summed E-state index contributed by atoms with van der Waals surface area (Å²) in [5.74, 6) is 1.59. The Hall–Kier alpha value is -4.72. The number of hydrogen-bond acceptors (Lipinski definition) is 4. The first-order chi connectivity index (χ1) is 26.4. The van der Waals surface area contributed by atoms with Crippen LogP contribution in [0.5, 0.6) is 0 Å². The van der Waals surface area contributed by atoms with Crippen molar-refractivity contribution in [1.29, 1.82) is 0 Å². The molecule has 56 heavy (non-hydrogen) atoms. The topological polar surface area (TPSA) is 116 Å². The summed E-state index contributed by atoms with van der Waals surface area (Å²) in [6.07, 6.45) is 17.0. The second kappa shape index (κ2) is 16.0. The second-order valence-electron chi connectivity index (χ2n) is 19.3. The standard InChI is InChI=1S/C48H64N6O2/c1-45(2,3)39(53-43(55)47(7,8)35-17-13-11-14-18-35)41-49-29-37(51-41)33-25-21-31(22-26-33)32-23-27-34(28-24-32)38-30-50-42(52-38)40(46(4,5)6)54-44(56)48(9,10)36-19-15-12-16-20-36/h17,19,21-30,39-40H,11-16,18,20H2,1-10H3,(H,49,51)(H,50,52)(H,53,55)(H,54,56)/t39-,40-/m1/s1. The molecule has 2 atom stereocenters. The fraction of sp³-hybridized carbons (Fsp3) is 0.500. The van der Waals surface area contributed by atoms with Gasteiger partial charge in [-0.3, -0.25) is 9.59 Å². The maximum absolute atomic E-state index is 13.7. The van der Waals surface area contributed by atoms with E-state index >= 15 is 0 Å². The van der Waals surface area contributed by atoms with Crippen LogP contribution in [0.1, 0.15) is 144 Å². The van der Waals surface area contributed by atoms with Gasteiger partial charge in [0.1, 0.15) is 11.6 Å². The maximum atomic E-state index is 13.7. The van der Waals surface area contributed by atoms with E-state index in [-0.39, 0.29) is 34.7 Å². The van der Waals surface area contributed by atoms with E-state index < -0.39 is 10.8 Å². The summed E-state index contributed by atoms with van der Waals surface area (Å²) in [4.78, 5) is 44.0. The zero-order valence-corrected chi connectivity index (χ0v) is 35.5. The van der Waals surface area contributed by atoms with E-state index in [0.717, 1.165) is 83.8 Å². The molecule has 0 fully saturated rings. The van der Waals surface area contributed by atoms with Gasteiger partial charge in [0.15, 0.2) is 0 Å². The van der Waals surface area contributed by atoms with E-state index in [4.69, 9.17) is 9.97 Å². The quantitative estimate of drug-likeness (QED) is 0.114. The summed E-state index contributed by atoms with van der Waals surface area (Å²) in [6, 6.07) is 16.4. The lowest BCUT2D eigenvalue weighted by molar-refractivity contribution is -0.130. The van der Waals surface area contributed by atoms with E-state index in [9.17, 15) is 9.59 Å². The number of imidazole rings is 2. The Kier molecular flexibility index (Phi) is 11.7. The average Bonchev–Trinajstić information content (AvgIpc) is 3.87. The highest BCUT2D eigenvalue weighted by atomic mass is 16.2. The highest BCUT2D eigenvalue weighted by molar-refractivity contribution is 5.86. The van der Waals surface area contributed by atoms with Gasteiger partial charge < -0.3 is 20.6 Å². The fourth-order valence-corrected chi connectivity index (χ4v) is 8.06. The molecule has 0 aliphatic heterocycles. The molecule has 4 N–H and O–H groups in total. The number of aromatic amines is 2. The Morgan fingerprint density at radius 2 is 0.875 bits per heavy atom. The molecule has 2 amide bonds. The second-order valence-corrected chi connectivity index (χ2v) is 19.3. The Morgan fingerprint density at radius 1 is 0.536 bits per heavy atom. The Morgan fingerprint density at radius 3 is 1.18 bits per heavy atom. The average molecular weight is 757 g/mol. The van der Waals surface area contributed by atoms with Crippen molar-refractivity contribution >= 4 is 11.8 Å². The van der Waals surface area contributed by atoms with Gasteiger partial charge in [-0.15, -0.1) is 0 Å². The van der Waals surface area contributed by atoms with E-state index in [1.807, 2.05) is 40.1 Å². The Balaban J connectivity index is 1.14. The first-order valence-electron chi connectivity index (χ1n) is 20.7. The number of nitrogens with one attached hydrogen (secondary N) is 4. The normalized spacial score (nSPS) is 16.8. The first kappa shape index (κ1) is 40.9. The summed E-state index contributed by atoms with van der Waals surface area (Å²) < 4.78 is 0. The van der Waals surface area contributed by atoms with Gasteiger partial charge in [0.05, 0.1) is 46.7 Å². The molecule has 2 aliphatic carbocycles. The number of hydrogen-bond donors (Lipinski definition) is 4. The minimum absolute atomic E-state index is 0.0388. The molecule has 2 aromatic heterocycles. The minimum Gasteiger partial charge on any atom is -0.345 e. The highest BCUT2D eigenvalue weighted by Crippen LogP contribution is 2.40. The van der Waals surface area contributed by atoms with E-state index in [2.05, 4.69) is 123 Å². The van der Waals surface area contributed by atoms with Crippen LogP contribution in [0, 0.1) is 21.7 Å². The van der Waals surface area contributed by atoms with Gasteiger partial charge in [0.2, 0.25) is 11.8 Å². The summed E-state index contributed by atoms with van der Waals surface area (Å²) in [5.41, 5.74) is 6.94. The molecule has 4 aromatic rings. The molecule has 0 bridgehead atoms. The van der Waals surface area contributed by atoms with Crippen molar-refractivity contribution < 1.29 is 9.59 Å². The molecule has 0 radical (unpaired) electrons. The predicted octanol–water partition coefficient (Wildman–Crippen LogP) is 11.6. The lowest BCUT2D eigenvalue weighted by Gasteiger charge is -2.35. The predicted molar refractivity (Wildman–Crippen MR) is 228 cm³/mol. The van der Waals surface area contributed by atoms with Crippen molar-refractivity contribution in [2.24, 2.45) is 21.7 Å². The van der Waals surface area contributed by atoms with Crippen LogP contribution in [0.4, 0.5) is 0 Å². The van der Waals surface area contributed by atoms with E-state index in [1.54, 1.807) is 0 Å². The zero-order chi connectivity index (χ0) is 40.5. The molecule has 0 unspecified atom stereocenters. The van der Waals surface area contributed by atoms with Crippen molar-refractivity contribution in [2.75, 3.05) is 0 Å². The number of H-pyrrole nitrogens is 2. The van der Waals surface area contributed by atoms with Crippen LogP contribution in [0.3, 0.4) is 0 Å². The smallest absolute Gasteiger partial charge is 0.230 e. The number of carbonyl (C=O) groups excluding carboxylic acids is 2. The van der Waals surface area contributed by atoms with Gasteiger partial charge in [-0.05, 0) is 112 Å². The molecule has 0 saturated carbocycles. The van der Waals surface area contributed by atoms with Crippen LogP contribution in [0.25, 0.3) is 33.6 Å². The summed E-state index contributed by atoms with van der Waals surface area (Å²) in [6.45, 7) is 21.0. The number of amides is 2. The Bertz CT molecular complexity index is 1910. The first-order valence-corrected chi connectivity index (χ1v) is 20.7. The molecule has 298 valence electrons. The molecular weight excluding hydrogens is 693 g/mol. The lowest BCUT2D eigenvalue weighted by Crippen LogP contribution is -2.44. The molecule has 0 spiro atoms. The SMILES string of the molecule is CC(C)(C(=O)N[C@H](c1ncc(-c2ccc(-c3ccc(-c4cnc([C@@H](NC(=O)C(C)(C)C5=CCCCC5)C(C)(C)C)[nH]4)cc3)cc2)[nH]1)C(C)(C)C)C1=CCCCC1. The van der Waals surface area contributed by atoms with Crippen molar-refractivity contribution in [3.8, 4) is 33.6 Å². The number of carbonyl (C=O) groups is 2. The fourth-order valence-electron chi connectivity index (χ4n) is 8.06. The molecular formula is C48H64N6O2. The van der Waals surface area contributed by atoms with Gasteiger partial charge in [-0.25, -0.2) is 9.97 Å². The minimum atomic E-state index is -0.563. The molecule has 8 heteroatoms. The van der Waals surface area contributed by atoms with Crippen molar-refractivity contribution in [3.05, 3.63) is 95.9 Å². The van der Waals surface area contributed by atoms with Crippen molar-refractivity contribution in [2.45, 2.75) is 133 Å². The molecule has 6 rings (SSSR count). The molecule has 2 aliphatic rings. The van der Waals surface area contributed by atoms with Gasteiger partial charge in [0, 0.05) is 0 Å². The van der Waals surface area contributed by atoms with Gasteiger partial charge in [0.25, 0.3) is 0 Å². The van der Waals surface area contributed by atoms with Crippen LogP contribution in [0.15, 0.2) is 84.2 Å². The third-order valence-electron chi connectivity index (χ3n) is 12.1. The number of allylic oxidation sites excluding steroid dienone is 2. The number of rotatable bonds is 11. The van der Waals surface area contributed by atoms with E-state index in [1.165, 1.54) is 24.0 Å². The van der Waals surface area contributed by atoms with Crippen LogP contribution >= 0.6 is 0 Å². The van der Waals surface area contributed by atoms with Crippen LogP contribution in [-0.4, -0.2) is 31.8 Å². The van der Waals surface area contributed by atoms with Crippen molar-refractivity contribution in [3.63, 3.8) is 0 Å². The van der Waals surface area contributed by atoms with Crippen LogP contribution in [-0.2, 0) is 9.59 Å². The molecule has 2 aromatic carbocycles. The maximum Gasteiger partial charge on any atom is 0.230 e. The monoisotopic (exact) mass is 757 g/mol. The Labute approximate surface area is 334 Å². The third-order valence-corrected chi connectivity index (χ3v) is 12.1. The van der Waals surface area contributed by atoms with Crippen LogP contribution < -0.4 is 10.6 Å². The highest BCUT2D eigenvalue weighted by Gasteiger charge is 2.39. The number of nitrogens with zero attached hydrogens (tertiary/aromatic N) is 2. The van der Waals surface area contributed by atoms with Gasteiger partial charge >= 0.3 is 0 Å². The van der Waals surface area contributed by atoms with Gasteiger partial charge in [-0.2, -0.15) is 0 Å². The molecule has 2 heterocycles. The lowest BCUT2D eigenvalue weighted by atomic mass is 9.77.